The Hall–Kier alpha value is -1.39. The lowest BCUT2D eigenvalue weighted by Gasteiger charge is -2.17. The monoisotopic (exact) mass is 183 g/mol. The molecule has 0 N–H and O–H groups in total. The number of aromatic nitrogens is 3. The summed E-state index contributed by atoms with van der Waals surface area (Å²) >= 11 is 0. The van der Waals surface area contributed by atoms with E-state index >= 15 is 0 Å². The molecule has 0 saturated heterocycles. The van der Waals surface area contributed by atoms with Crippen LogP contribution in [0.1, 0.15) is 19.9 Å². The van der Waals surface area contributed by atoms with Gasteiger partial charge in [0.1, 0.15) is 12.7 Å². The molecule has 1 aromatic heterocycles. The maximum atomic E-state index is 11.2. The van der Waals surface area contributed by atoms with Gasteiger partial charge in [0.2, 0.25) is 0 Å². The molecule has 0 aliphatic carbocycles. The lowest BCUT2D eigenvalue weighted by molar-refractivity contribution is -0.146. The zero-order valence-electron chi connectivity index (χ0n) is 7.97. The summed E-state index contributed by atoms with van der Waals surface area (Å²) in [6.45, 7) is 3.70. The first-order valence-corrected chi connectivity index (χ1v) is 4.08. The molecule has 0 bridgehead atoms. The van der Waals surface area contributed by atoms with Crippen molar-refractivity contribution in [3.8, 4) is 0 Å². The fourth-order valence-corrected chi connectivity index (χ4v) is 1.04. The molecule has 2 atom stereocenters. The quantitative estimate of drug-likeness (QED) is 0.645. The van der Waals surface area contributed by atoms with Crippen LogP contribution in [0.15, 0.2) is 12.7 Å². The van der Waals surface area contributed by atoms with Crippen molar-refractivity contribution in [2.45, 2.75) is 19.9 Å². The Morgan fingerprint density at radius 2 is 2.23 bits per heavy atom. The molecule has 5 heteroatoms. The number of hydrogen-bond donors (Lipinski definition) is 0. The van der Waals surface area contributed by atoms with E-state index < -0.39 is 0 Å². The topological polar surface area (TPSA) is 57.0 Å². The molecule has 0 fully saturated rings. The Morgan fingerprint density at radius 1 is 1.54 bits per heavy atom. The molecular weight excluding hydrogens is 170 g/mol. The third-order valence-corrected chi connectivity index (χ3v) is 2.15. The van der Waals surface area contributed by atoms with E-state index in [-0.39, 0.29) is 17.9 Å². The summed E-state index contributed by atoms with van der Waals surface area (Å²) in [5, 5.41) is 3.95. The summed E-state index contributed by atoms with van der Waals surface area (Å²) in [4.78, 5) is 15.0. The van der Waals surface area contributed by atoms with Crippen LogP contribution in [0.25, 0.3) is 0 Å². The number of hydrogen-bond acceptors (Lipinski definition) is 4. The zero-order valence-corrected chi connectivity index (χ0v) is 7.97. The van der Waals surface area contributed by atoms with Crippen molar-refractivity contribution in [1.82, 2.24) is 14.8 Å². The minimum Gasteiger partial charge on any atom is -0.469 e. The number of rotatable bonds is 3. The van der Waals surface area contributed by atoms with Gasteiger partial charge in [0, 0.05) is 0 Å². The second-order valence-electron chi connectivity index (χ2n) is 2.93. The summed E-state index contributed by atoms with van der Waals surface area (Å²) in [6, 6.07) is -0.0325. The number of carbonyl (C=O) groups is 1. The van der Waals surface area contributed by atoms with E-state index in [0.717, 1.165) is 0 Å². The lowest BCUT2D eigenvalue weighted by Crippen LogP contribution is -2.23. The molecule has 0 saturated carbocycles. The smallest absolute Gasteiger partial charge is 0.310 e. The van der Waals surface area contributed by atoms with Crippen LogP contribution >= 0.6 is 0 Å². The van der Waals surface area contributed by atoms with Crippen molar-refractivity contribution < 1.29 is 9.53 Å². The van der Waals surface area contributed by atoms with Crippen molar-refractivity contribution in [2.24, 2.45) is 5.92 Å². The third kappa shape index (κ3) is 2.05. The molecule has 0 aliphatic rings. The fourth-order valence-electron chi connectivity index (χ4n) is 1.04. The molecule has 1 aromatic rings. The van der Waals surface area contributed by atoms with E-state index in [0.29, 0.717) is 0 Å². The number of ether oxygens (including phenoxy) is 1. The Bertz CT molecular complexity index is 271. The number of nitrogens with zero attached hydrogens (tertiary/aromatic N) is 3. The van der Waals surface area contributed by atoms with E-state index in [1.165, 1.54) is 13.4 Å². The zero-order chi connectivity index (χ0) is 9.84. The summed E-state index contributed by atoms with van der Waals surface area (Å²) in [5.41, 5.74) is 0. The van der Waals surface area contributed by atoms with Crippen molar-refractivity contribution in [1.29, 1.82) is 0 Å². The average Bonchev–Trinajstić information content (AvgIpc) is 2.67. The molecule has 2 unspecified atom stereocenters. The van der Waals surface area contributed by atoms with E-state index in [1.54, 1.807) is 17.9 Å². The van der Waals surface area contributed by atoms with Gasteiger partial charge in [0.05, 0.1) is 19.1 Å². The van der Waals surface area contributed by atoms with Crippen LogP contribution in [0.4, 0.5) is 0 Å². The molecule has 5 nitrogen and oxygen atoms in total. The van der Waals surface area contributed by atoms with Gasteiger partial charge in [-0.05, 0) is 13.8 Å². The number of carbonyl (C=O) groups excluding carboxylic acids is 1. The summed E-state index contributed by atoms with van der Waals surface area (Å²) < 4.78 is 6.27. The Kier molecular flexibility index (Phi) is 3.00. The van der Waals surface area contributed by atoms with Crippen LogP contribution in [0.3, 0.4) is 0 Å². The van der Waals surface area contributed by atoms with Crippen LogP contribution in [-0.2, 0) is 9.53 Å². The van der Waals surface area contributed by atoms with Crippen LogP contribution in [-0.4, -0.2) is 27.8 Å². The van der Waals surface area contributed by atoms with Gasteiger partial charge in [0.25, 0.3) is 0 Å². The van der Waals surface area contributed by atoms with E-state index in [1.807, 2.05) is 6.92 Å². The van der Waals surface area contributed by atoms with Crippen LogP contribution in [0.5, 0.6) is 0 Å². The van der Waals surface area contributed by atoms with Gasteiger partial charge in [-0.1, -0.05) is 0 Å². The molecule has 1 rings (SSSR count). The van der Waals surface area contributed by atoms with E-state index in [2.05, 4.69) is 14.8 Å². The summed E-state index contributed by atoms with van der Waals surface area (Å²) in [5.74, 6) is -0.449. The van der Waals surface area contributed by atoms with Gasteiger partial charge in [-0.2, -0.15) is 5.10 Å². The van der Waals surface area contributed by atoms with Gasteiger partial charge >= 0.3 is 5.97 Å². The first kappa shape index (κ1) is 9.70. The van der Waals surface area contributed by atoms with E-state index in [4.69, 9.17) is 0 Å². The van der Waals surface area contributed by atoms with Crippen molar-refractivity contribution in [3.63, 3.8) is 0 Å². The highest BCUT2D eigenvalue weighted by atomic mass is 16.5. The van der Waals surface area contributed by atoms with Gasteiger partial charge in [0.15, 0.2) is 0 Å². The standard InChI is InChI=1S/C8H13N3O2/c1-6(8(12)13-3)7(2)11-5-9-4-10-11/h4-7H,1-3H3. The van der Waals surface area contributed by atoms with Gasteiger partial charge in [-0.25, -0.2) is 9.67 Å². The molecule has 0 radical (unpaired) electrons. The average molecular weight is 183 g/mol. The van der Waals surface area contributed by atoms with Crippen molar-refractivity contribution in [3.05, 3.63) is 12.7 Å². The second-order valence-corrected chi connectivity index (χ2v) is 2.93. The van der Waals surface area contributed by atoms with Gasteiger partial charge < -0.3 is 4.74 Å². The van der Waals surface area contributed by atoms with Crippen LogP contribution < -0.4 is 0 Å². The summed E-state index contributed by atoms with van der Waals surface area (Å²) in [7, 11) is 1.38. The van der Waals surface area contributed by atoms with Gasteiger partial charge in [-0.3, -0.25) is 4.79 Å². The first-order chi connectivity index (χ1) is 6.16. The predicted octanol–water partition coefficient (Wildman–Crippen LogP) is 0.648. The first-order valence-electron chi connectivity index (χ1n) is 4.08. The largest absolute Gasteiger partial charge is 0.469 e. The molecule has 0 aromatic carbocycles. The molecular formula is C8H13N3O2. The highest BCUT2D eigenvalue weighted by Crippen LogP contribution is 2.16. The molecule has 0 aliphatic heterocycles. The maximum Gasteiger partial charge on any atom is 0.310 e. The third-order valence-electron chi connectivity index (χ3n) is 2.15. The summed E-state index contributed by atoms with van der Waals surface area (Å²) in [6.07, 6.45) is 3.03. The minimum atomic E-state index is -0.233. The van der Waals surface area contributed by atoms with E-state index in [9.17, 15) is 4.79 Å². The lowest BCUT2D eigenvalue weighted by atomic mass is 10.0. The Morgan fingerprint density at radius 3 is 2.69 bits per heavy atom. The SMILES string of the molecule is COC(=O)C(C)C(C)n1cncn1. The molecule has 0 amide bonds. The van der Waals surface area contributed by atoms with Crippen LogP contribution in [0, 0.1) is 5.92 Å². The van der Waals surface area contributed by atoms with Gasteiger partial charge in [-0.15, -0.1) is 0 Å². The molecule has 0 spiro atoms. The van der Waals surface area contributed by atoms with Crippen molar-refractivity contribution >= 4 is 5.97 Å². The van der Waals surface area contributed by atoms with Crippen molar-refractivity contribution in [2.75, 3.05) is 7.11 Å². The maximum absolute atomic E-state index is 11.2. The number of methoxy groups -OCH3 is 1. The number of esters is 1. The van der Waals surface area contributed by atoms with Crippen LogP contribution in [0.2, 0.25) is 0 Å². The second kappa shape index (κ2) is 4.02. The Balaban J connectivity index is 2.68. The molecule has 1 heterocycles. The molecule has 13 heavy (non-hydrogen) atoms. The highest BCUT2D eigenvalue weighted by molar-refractivity contribution is 5.72. The highest BCUT2D eigenvalue weighted by Gasteiger charge is 2.22. The fraction of sp³-hybridized carbons (Fsp3) is 0.625. The predicted molar refractivity (Wildman–Crippen MR) is 45.9 cm³/mol. The normalized spacial score (nSPS) is 15.0. The molecule has 72 valence electrons. The Labute approximate surface area is 76.7 Å². The minimum absolute atomic E-state index is 0.0325.